The standard InChI is InChI=1S/C22H35N3O/c1-3-5-7-9-10-12-16-19(15-11-8-6-4-2)21-24-25-22(26-21)20-17-13-14-18-23-20/h13-14,17-19H,3-12,15-16H2,1-2H3. The normalized spacial score (nSPS) is 12.4. The SMILES string of the molecule is CCCCCCCCC(CCCCCC)c1nnc(-c2ccccn2)o1. The van der Waals surface area contributed by atoms with Crippen molar-refractivity contribution in [3.63, 3.8) is 0 Å². The fourth-order valence-corrected chi connectivity index (χ4v) is 3.37. The molecule has 0 saturated carbocycles. The quantitative estimate of drug-likeness (QED) is 0.344. The minimum atomic E-state index is 0.392. The number of rotatable bonds is 14. The molecule has 2 heterocycles. The summed E-state index contributed by atoms with van der Waals surface area (Å²) in [5.74, 6) is 1.74. The van der Waals surface area contributed by atoms with Crippen LogP contribution in [0.15, 0.2) is 28.8 Å². The maximum atomic E-state index is 6.00. The molecule has 1 unspecified atom stereocenters. The summed E-state index contributed by atoms with van der Waals surface area (Å²) >= 11 is 0. The molecule has 26 heavy (non-hydrogen) atoms. The van der Waals surface area contributed by atoms with E-state index >= 15 is 0 Å². The van der Waals surface area contributed by atoms with Gasteiger partial charge in [0, 0.05) is 12.1 Å². The van der Waals surface area contributed by atoms with Gasteiger partial charge in [-0.3, -0.25) is 4.98 Å². The zero-order valence-corrected chi connectivity index (χ0v) is 16.6. The molecule has 0 spiro atoms. The van der Waals surface area contributed by atoms with Crippen molar-refractivity contribution < 1.29 is 4.42 Å². The van der Waals surface area contributed by atoms with Crippen LogP contribution in [0.25, 0.3) is 11.6 Å². The van der Waals surface area contributed by atoms with Crippen LogP contribution in [-0.4, -0.2) is 15.2 Å². The highest BCUT2D eigenvalue weighted by atomic mass is 16.4. The van der Waals surface area contributed by atoms with Gasteiger partial charge in [-0.25, -0.2) is 0 Å². The molecule has 2 rings (SSSR count). The van der Waals surface area contributed by atoms with Crippen molar-refractivity contribution >= 4 is 0 Å². The Labute approximate surface area is 158 Å². The van der Waals surface area contributed by atoms with E-state index in [0.29, 0.717) is 11.8 Å². The predicted molar refractivity (Wildman–Crippen MR) is 107 cm³/mol. The Morgan fingerprint density at radius 1 is 0.808 bits per heavy atom. The molecular formula is C22H35N3O. The van der Waals surface area contributed by atoms with Gasteiger partial charge in [-0.1, -0.05) is 84.1 Å². The van der Waals surface area contributed by atoms with Gasteiger partial charge in [0.1, 0.15) is 5.69 Å². The highest BCUT2D eigenvalue weighted by Gasteiger charge is 2.19. The second-order valence-corrected chi connectivity index (χ2v) is 7.26. The Balaban J connectivity index is 1.90. The fraction of sp³-hybridized carbons (Fsp3) is 0.682. The molecule has 2 aromatic heterocycles. The van der Waals surface area contributed by atoms with E-state index in [1.807, 2.05) is 18.2 Å². The number of unbranched alkanes of at least 4 members (excludes halogenated alkanes) is 8. The summed E-state index contributed by atoms with van der Waals surface area (Å²) in [6, 6.07) is 5.77. The van der Waals surface area contributed by atoms with E-state index in [2.05, 4.69) is 29.0 Å². The number of hydrogen-bond donors (Lipinski definition) is 0. The molecule has 0 aliphatic rings. The lowest BCUT2D eigenvalue weighted by molar-refractivity contribution is 0.397. The van der Waals surface area contributed by atoms with Gasteiger partial charge in [0.2, 0.25) is 5.89 Å². The summed E-state index contributed by atoms with van der Waals surface area (Å²) in [5, 5.41) is 8.60. The molecule has 1 atom stereocenters. The minimum Gasteiger partial charge on any atom is -0.419 e. The summed E-state index contributed by atoms with van der Waals surface area (Å²) in [4.78, 5) is 4.32. The Morgan fingerprint density at radius 3 is 2.12 bits per heavy atom. The lowest BCUT2D eigenvalue weighted by Gasteiger charge is -2.13. The third-order valence-corrected chi connectivity index (χ3v) is 4.99. The van der Waals surface area contributed by atoms with Gasteiger partial charge in [0.05, 0.1) is 0 Å². The molecule has 0 aliphatic carbocycles. The lowest BCUT2D eigenvalue weighted by atomic mass is 9.94. The summed E-state index contributed by atoms with van der Waals surface area (Å²) in [6.07, 6.45) is 17.1. The van der Waals surface area contributed by atoms with Gasteiger partial charge >= 0.3 is 0 Å². The number of nitrogens with zero attached hydrogens (tertiary/aromatic N) is 3. The van der Waals surface area contributed by atoms with Crippen molar-refractivity contribution in [2.75, 3.05) is 0 Å². The summed E-state index contributed by atoms with van der Waals surface area (Å²) in [5.41, 5.74) is 0.760. The van der Waals surface area contributed by atoms with Crippen LogP contribution in [0.3, 0.4) is 0 Å². The third-order valence-electron chi connectivity index (χ3n) is 4.99. The van der Waals surface area contributed by atoms with E-state index in [0.717, 1.165) is 24.4 Å². The zero-order chi connectivity index (χ0) is 18.5. The van der Waals surface area contributed by atoms with Crippen molar-refractivity contribution in [2.45, 2.75) is 96.8 Å². The highest BCUT2D eigenvalue weighted by molar-refractivity contribution is 5.44. The van der Waals surface area contributed by atoms with Crippen molar-refractivity contribution in [2.24, 2.45) is 0 Å². The maximum absolute atomic E-state index is 6.00. The van der Waals surface area contributed by atoms with Gasteiger partial charge in [-0.05, 0) is 25.0 Å². The van der Waals surface area contributed by atoms with Gasteiger partial charge in [0.25, 0.3) is 5.89 Å². The molecule has 144 valence electrons. The van der Waals surface area contributed by atoms with Crippen LogP contribution in [0.4, 0.5) is 0 Å². The fourth-order valence-electron chi connectivity index (χ4n) is 3.37. The molecule has 0 bridgehead atoms. The van der Waals surface area contributed by atoms with E-state index in [4.69, 9.17) is 4.42 Å². The van der Waals surface area contributed by atoms with Crippen LogP contribution in [-0.2, 0) is 0 Å². The average Bonchev–Trinajstić information content (AvgIpc) is 3.17. The van der Waals surface area contributed by atoms with E-state index < -0.39 is 0 Å². The average molecular weight is 358 g/mol. The van der Waals surface area contributed by atoms with Crippen molar-refractivity contribution in [3.8, 4) is 11.6 Å². The third kappa shape index (κ3) is 7.27. The van der Waals surface area contributed by atoms with Gasteiger partial charge in [0.15, 0.2) is 0 Å². The summed E-state index contributed by atoms with van der Waals surface area (Å²) in [6.45, 7) is 4.52. The van der Waals surface area contributed by atoms with Crippen LogP contribution < -0.4 is 0 Å². The molecule has 0 amide bonds. The molecule has 4 heteroatoms. The Bertz CT molecular complexity index is 582. The first-order chi connectivity index (χ1) is 12.8. The number of hydrogen-bond acceptors (Lipinski definition) is 4. The van der Waals surface area contributed by atoms with Gasteiger partial charge in [-0.2, -0.15) is 0 Å². The smallest absolute Gasteiger partial charge is 0.266 e. The van der Waals surface area contributed by atoms with E-state index in [-0.39, 0.29) is 0 Å². The van der Waals surface area contributed by atoms with Crippen molar-refractivity contribution in [1.82, 2.24) is 15.2 Å². The highest BCUT2D eigenvalue weighted by Crippen LogP contribution is 2.29. The second kappa shape index (κ2) is 12.6. The number of pyridine rings is 1. The van der Waals surface area contributed by atoms with Crippen molar-refractivity contribution in [3.05, 3.63) is 30.3 Å². The van der Waals surface area contributed by atoms with Crippen LogP contribution in [0.2, 0.25) is 0 Å². The molecule has 0 saturated heterocycles. The molecule has 0 fully saturated rings. The summed E-state index contributed by atoms with van der Waals surface area (Å²) < 4.78 is 6.00. The molecule has 0 aromatic carbocycles. The Morgan fingerprint density at radius 2 is 1.46 bits per heavy atom. The molecule has 0 N–H and O–H groups in total. The second-order valence-electron chi connectivity index (χ2n) is 7.26. The summed E-state index contributed by atoms with van der Waals surface area (Å²) in [7, 11) is 0. The molecular weight excluding hydrogens is 322 g/mol. The van der Waals surface area contributed by atoms with E-state index in [9.17, 15) is 0 Å². The molecule has 0 radical (unpaired) electrons. The van der Waals surface area contributed by atoms with Crippen LogP contribution >= 0.6 is 0 Å². The zero-order valence-electron chi connectivity index (χ0n) is 16.6. The van der Waals surface area contributed by atoms with Gasteiger partial charge < -0.3 is 4.42 Å². The lowest BCUT2D eigenvalue weighted by Crippen LogP contribution is -2.00. The Kier molecular flexibility index (Phi) is 9.99. The first kappa shape index (κ1) is 20.6. The maximum Gasteiger partial charge on any atom is 0.266 e. The number of aromatic nitrogens is 3. The van der Waals surface area contributed by atoms with E-state index in [1.165, 1.54) is 64.2 Å². The Hall–Kier alpha value is -1.71. The first-order valence-corrected chi connectivity index (χ1v) is 10.6. The van der Waals surface area contributed by atoms with E-state index in [1.54, 1.807) is 6.20 Å². The van der Waals surface area contributed by atoms with Gasteiger partial charge in [-0.15, -0.1) is 10.2 Å². The van der Waals surface area contributed by atoms with Crippen LogP contribution in [0, 0.1) is 0 Å². The topological polar surface area (TPSA) is 51.8 Å². The van der Waals surface area contributed by atoms with Crippen LogP contribution in [0.1, 0.15) is 103 Å². The van der Waals surface area contributed by atoms with Crippen molar-refractivity contribution in [1.29, 1.82) is 0 Å². The minimum absolute atomic E-state index is 0.392. The predicted octanol–water partition coefficient (Wildman–Crippen LogP) is 6.94. The molecule has 0 aliphatic heterocycles. The molecule has 2 aromatic rings. The van der Waals surface area contributed by atoms with Crippen LogP contribution in [0.5, 0.6) is 0 Å². The monoisotopic (exact) mass is 357 g/mol. The largest absolute Gasteiger partial charge is 0.419 e. The first-order valence-electron chi connectivity index (χ1n) is 10.6. The molecule has 4 nitrogen and oxygen atoms in total.